The first kappa shape index (κ1) is 15.9. The topological polar surface area (TPSA) is 63.3 Å². The van der Waals surface area contributed by atoms with Crippen molar-refractivity contribution in [3.05, 3.63) is 53.3 Å². The fourth-order valence-electron chi connectivity index (χ4n) is 3.43. The summed E-state index contributed by atoms with van der Waals surface area (Å²) in [5, 5.41) is 4.32. The van der Waals surface area contributed by atoms with Crippen LogP contribution >= 0.6 is 0 Å². The van der Waals surface area contributed by atoms with Gasteiger partial charge in [0.15, 0.2) is 5.76 Å². The molecular weight excluding hydrogens is 316 g/mol. The molecule has 130 valence electrons. The van der Waals surface area contributed by atoms with Gasteiger partial charge in [0.2, 0.25) is 0 Å². The van der Waals surface area contributed by atoms with Crippen LogP contribution in [-0.4, -0.2) is 40.0 Å². The third-order valence-electron chi connectivity index (χ3n) is 5.00. The average Bonchev–Trinajstić information content (AvgIpc) is 3.20. The summed E-state index contributed by atoms with van der Waals surface area (Å²) in [5.74, 6) is 1.19. The molecule has 1 amide bonds. The lowest BCUT2D eigenvalue weighted by atomic mass is 10.1. The number of benzene rings is 1. The molecule has 0 aliphatic carbocycles. The summed E-state index contributed by atoms with van der Waals surface area (Å²) in [5.41, 5.74) is 3.12. The molecule has 1 aliphatic heterocycles. The van der Waals surface area contributed by atoms with Crippen LogP contribution in [0.15, 0.2) is 35.0 Å². The summed E-state index contributed by atoms with van der Waals surface area (Å²) in [7, 11) is 1.95. The second-order valence-corrected chi connectivity index (χ2v) is 6.70. The van der Waals surface area contributed by atoms with E-state index in [0.717, 1.165) is 28.9 Å². The van der Waals surface area contributed by atoms with Gasteiger partial charge in [-0.05, 0) is 43.2 Å². The minimum atomic E-state index is -0.0991. The van der Waals surface area contributed by atoms with Crippen LogP contribution in [0.1, 0.15) is 33.5 Å². The van der Waals surface area contributed by atoms with Crippen molar-refractivity contribution < 1.29 is 9.21 Å². The van der Waals surface area contributed by atoms with Crippen LogP contribution in [0.3, 0.4) is 0 Å². The molecule has 1 fully saturated rings. The van der Waals surface area contributed by atoms with Crippen molar-refractivity contribution in [3.63, 3.8) is 0 Å². The van der Waals surface area contributed by atoms with E-state index in [1.54, 1.807) is 6.20 Å². The minimum Gasteiger partial charge on any atom is -0.451 e. The minimum absolute atomic E-state index is 0.0824. The molecule has 4 rings (SSSR count). The van der Waals surface area contributed by atoms with E-state index >= 15 is 0 Å². The zero-order chi connectivity index (χ0) is 17.6. The Balaban J connectivity index is 1.70. The van der Waals surface area contributed by atoms with E-state index in [4.69, 9.17) is 4.42 Å². The molecular formula is C19H22N4O2. The number of carbonyl (C=O) groups is 1. The third kappa shape index (κ3) is 2.72. The van der Waals surface area contributed by atoms with Crippen LogP contribution < -0.4 is 5.32 Å². The first-order valence-corrected chi connectivity index (χ1v) is 8.54. The second-order valence-electron chi connectivity index (χ2n) is 6.70. The van der Waals surface area contributed by atoms with Crippen molar-refractivity contribution in [1.29, 1.82) is 0 Å². The van der Waals surface area contributed by atoms with Gasteiger partial charge in [0, 0.05) is 44.5 Å². The molecule has 1 atom stereocenters. The molecule has 25 heavy (non-hydrogen) atoms. The van der Waals surface area contributed by atoms with Crippen molar-refractivity contribution >= 4 is 16.9 Å². The van der Waals surface area contributed by atoms with Crippen LogP contribution in [0, 0.1) is 13.8 Å². The Hall–Kier alpha value is -2.60. The molecule has 0 spiro atoms. The van der Waals surface area contributed by atoms with Gasteiger partial charge in [0.25, 0.3) is 5.91 Å². The normalized spacial score (nSPS) is 18.0. The van der Waals surface area contributed by atoms with Crippen molar-refractivity contribution in [2.45, 2.75) is 19.9 Å². The Morgan fingerprint density at radius 3 is 2.84 bits per heavy atom. The zero-order valence-electron chi connectivity index (χ0n) is 14.7. The highest BCUT2D eigenvalue weighted by Gasteiger charge is 2.32. The molecule has 1 saturated heterocycles. The van der Waals surface area contributed by atoms with Gasteiger partial charge in [-0.15, -0.1) is 0 Å². The Bertz CT molecular complexity index is 901. The van der Waals surface area contributed by atoms with E-state index in [2.05, 4.69) is 23.3 Å². The van der Waals surface area contributed by atoms with Crippen LogP contribution in [-0.2, 0) is 7.05 Å². The Morgan fingerprint density at radius 1 is 1.28 bits per heavy atom. The molecule has 1 unspecified atom stereocenters. The highest BCUT2D eigenvalue weighted by atomic mass is 16.3. The smallest absolute Gasteiger partial charge is 0.290 e. The van der Waals surface area contributed by atoms with Gasteiger partial charge >= 0.3 is 0 Å². The maximum atomic E-state index is 13.1. The number of nitrogens with zero attached hydrogens (tertiary/aromatic N) is 3. The highest BCUT2D eigenvalue weighted by molar-refractivity contribution is 5.96. The van der Waals surface area contributed by atoms with Gasteiger partial charge in [0.05, 0.1) is 0 Å². The zero-order valence-corrected chi connectivity index (χ0v) is 14.7. The molecule has 6 heteroatoms. The van der Waals surface area contributed by atoms with Gasteiger partial charge in [-0.3, -0.25) is 4.79 Å². The Kier molecular flexibility index (Phi) is 3.84. The van der Waals surface area contributed by atoms with E-state index in [1.165, 1.54) is 5.56 Å². The van der Waals surface area contributed by atoms with Crippen LogP contribution in [0.2, 0.25) is 0 Å². The first-order chi connectivity index (χ1) is 12.0. The van der Waals surface area contributed by atoms with E-state index in [1.807, 2.05) is 41.8 Å². The van der Waals surface area contributed by atoms with Gasteiger partial charge in [0.1, 0.15) is 17.4 Å². The number of amides is 1. The van der Waals surface area contributed by atoms with Crippen LogP contribution in [0.25, 0.3) is 11.0 Å². The fraction of sp³-hybridized carbons (Fsp3) is 0.368. The van der Waals surface area contributed by atoms with Crippen LogP contribution in [0.4, 0.5) is 0 Å². The number of piperazine rings is 1. The number of carbonyl (C=O) groups excluding carboxylic acids is 1. The van der Waals surface area contributed by atoms with Gasteiger partial charge in [-0.2, -0.15) is 0 Å². The quantitative estimate of drug-likeness (QED) is 0.780. The lowest BCUT2D eigenvalue weighted by Gasteiger charge is -2.35. The summed E-state index contributed by atoms with van der Waals surface area (Å²) in [6.45, 7) is 6.20. The second kappa shape index (κ2) is 6.04. The number of aryl methyl sites for hydroxylation is 3. The average molecular weight is 338 g/mol. The number of imidazole rings is 1. The van der Waals surface area contributed by atoms with E-state index in [0.29, 0.717) is 18.8 Å². The number of fused-ring (bicyclic) bond motifs is 1. The molecule has 1 aromatic carbocycles. The van der Waals surface area contributed by atoms with Crippen molar-refractivity contribution in [1.82, 2.24) is 19.8 Å². The standard InChI is InChI=1S/C19H22N4O2/c1-12-8-14-10-17(25-16(14)9-13(12)2)19(24)23-7-4-20-11-15(23)18-21-5-6-22(18)3/h5-6,8-10,15,20H,4,7,11H2,1-3H3. The molecule has 1 aliphatic rings. The number of hydrogen-bond acceptors (Lipinski definition) is 4. The number of hydrogen-bond donors (Lipinski definition) is 1. The third-order valence-corrected chi connectivity index (χ3v) is 5.00. The largest absolute Gasteiger partial charge is 0.451 e. The maximum Gasteiger partial charge on any atom is 0.290 e. The number of aromatic nitrogens is 2. The monoisotopic (exact) mass is 338 g/mol. The molecule has 6 nitrogen and oxygen atoms in total. The number of nitrogens with one attached hydrogen (secondary N) is 1. The SMILES string of the molecule is Cc1cc2cc(C(=O)N3CCNCC3c3nccn3C)oc2cc1C. The van der Waals surface area contributed by atoms with Crippen LogP contribution in [0.5, 0.6) is 0 Å². The fourth-order valence-corrected chi connectivity index (χ4v) is 3.43. The number of rotatable bonds is 2. The van der Waals surface area contributed by atoms with Gasteiger partial charge in [-0.1, -0.05) is 0 Å². The van der Waals surface area contributed by atoms with E-state index < -0.39 is 0 Å². The lowest BCUT2D eigenvalue weighted by molar-refractivity contribution is 0.0590. The Morgan fingerprint density at radius 2 is 2.08 bits per heavy atom. The van der Waals surface area contributed by atoms with Gasteiger partial charge < -0.3 is 19.2 Å². The van der Waals surface area contributed by atoms with Crippen molar-refractivity contribution in [2.24, 2.45) is 7.05 Å². The summed E-state index contributed by atoms with van der Waals surface area (Å²) in [6, 6.07) is 5.81. The van der Waals surface area contributed by atoms with Crippen molar-refractivity contribution in [2.75, 3.05) is 19.6 Å². The molecule has 3 aromatic rings. The lowest BCUT2D eigenvalue weighted by Crippen LogP contribution is -2.49. The molecule has 3 heterocycles. The Labute approximate surface area is 146 Å². The van der Waals surface area contributed by atoms with Crippen molar-refractivity contribution in [3.8, 4) is 0 Å². The molecule has 1 N–H and O–H groups in total. The maximum absolute atomic E-state index is 13.1. The van der Waals surface area contributed by atoms with Gasteiger partial charge in [-0.25, -0.2) is 4.98 Å². The highest BCUT2D eigenvalue weighted by Crippen LogP contribution is 2.27. The molecule has 0 radical (unpaired) electrons. The first-order valence-electron chi connectivity index (χ1n) is 8.54. The summed E-state index contributed by atoms with van der Waals surface area (Å²) >= 11 is 0. The summed E-state index contributed by atoms with van der Waals surface area (Å²) < 4.78 is 7.84. The number of furan rings is 1. The summed E-state index contributed by atoms with van der Waals surface area (Å²) in [6.07, 6.45) is 3.67. The molecule has 0 bridgehead atoms. The molecule has 2 aromatic heterocycles. The predicted octanol–water partition coefficient (Wildman–Crippen LogP) is 2.57. The van der Waals surface area contributed by atoms with E-state index in [9.17, 15) is 4.79 Å². The summed E-state index contributed by atoms with van der Waals surface area (Å²) in [4.78, 5) is 19.4. The molecule has 0 saturated carbocycles. The van der Waals surface area contributed by atoms with E-state index in [-0.39, 0.29) is 11.9 Å². The predicted molar refractivity (Wildman–Crippen MR) is 95.5 cm³/mol.